The number of carbonyl (C=O) groups is 2. The predicted octanol–water partition coefficient (Wildman–Crippen LogP) is 3.18. The molecule has 0 heterocycles. The summed E-state index contributed by atoms with van der Waals surface area (Å²) in [7, 11) is 1.60. The van der Waals surface area contributed by atoms with Gasteiger partial charge in [-0.2, -0.15) is 0 Å². The first-order chi connectivity index (χ1) is 10.5. The number of carbonyl (C=O) groups excluding carboxylic acids is 2. The SMILES string of the molecule is COc1cccc(C2CCCCC2(OC(C)=O)OC(C)=O)c1. The molecule has 0 radical (unpaired) electrons. The molecule has 1 aliphatic carbocycles. The molecule has 0 bridgehead atoms. The van der Waals surface area contributed by atoms with Crippen molar-refractivity contribution in [2.24, 2.45) is 0 Å². The zero-order valence-electron chi connectivity index (χ0n) is 13.3. The lowest BCUT2D eigenvalue weighted by molar-refractivity contribution is -0.243. The van der Waals surface area contributed by atoms with Gasteiger partial charge in [-0.05, 0) is 30.5 Å². The predicted molar refractivity (Wildman–Crippen MR) is 80.5 cm³/mol. The molecule has 1 unspecified atom stereocenters. The van der Waals surface area contributed by atoms with E-state index < -0.39 is 17.7 Å². The molecule has 0 aliphatic heterocycles. The van der Waals surface area contributed by atoms with E-state index in [4.69, 9.17) is 14.2 Å². The molecule has 1 atom stereocenters. The zero-order chi connectivity index (χ0) is 16.2. The summed E-state index contributed by atoms with van der Waals surface area (Å²) in [6, 6.07) is 7.58. The minimum Gasteiger partial charge on any atom is -0.497 e. The highest BCUT2D eigenvalue weighted by Crippen LogP contribution is 2.45. The average molecular weight is 306 g/mol. The van der Waals surface area contributed by atoms with Crippen molar-refractivity contribution in [3.05, 3.63) is 29.8 Å². The lowest BCUT2D eigenvalue weighted by Crippen LogP contribution is -2.46. The normalized spacial score (nSPS) is 20.0. The van der Waals surface area contributed by atoms with Crippen LogP contribution in [0.5, 0.6) is 5.75 Å². The molecule has 1 fully saturated rings. The molecule has 1 aromatic carbocycles. The third-order valence-corrected chi connectivity index (χ3v) is 3.93. The number of benzene rings is 1. The number of esters is 2. The Balaban J connectivity index is 2.42. The molecule has 0 saturated heterocycles. The third-order valence-electron chi connectivity index (χ3n) is 3.93. The second kappa shape index (κ2) is 6.81. The Kier molecular flexibility index (Phi) is 5.06. The van der Waals surface area contributed by atoms with Crippen LogP contribution in [0.25, 0.3) is 0 Å². The number of hydrogen-bond acceptors (Lipinski definition) is 5. The van der Waals surface area contributed by atoms with Crippen LogP contribution in [0.15, 0.2) is 24.3 Å². The molecule has 0 N–H and O–H groups in total. The van der Waals surface area contributed by atoms with Crippen molar-refractivity contribution in [2.45, 2.75) is 51.2 Å². The maximum absolute atomic E-state index is 11.6. The standard InChI is InChI=1S/C17H22O5/c1-12(18)21-17(22-13(2)19)10-5-4-9-16(17)14-7-6-8-15(11-14)20-3/h6-8,11,16H,4-5,9-10H2,1-3H3. The summed E-state index contributed by atoms with van der Waals surface area (Å²) >= 11 is 0. The summed E-state index contributed by atoms with van der Waals surface area (Å²) in [5.74, 6) is -1.58. The molecule has 1 saturated carbocycles. The highest BCUT2D eigenvalue weighted by molar-refractivity contribution is 5.69. The van der Waals surface area contributed by atoms with Gasteiger partial charge in [0.15, 0.2) is 0 Å². The van der Waals surface area contributed by atoms with Crippen LogP contribution in [0.2, 0.25) is 0 Å². The molecule has 2 rings (SSSR count). The second-order valence-electron chi connectivity index (χ2n) is 5.57. The minimum absolute atomic E-state index is 0.191. The number of rotatable bonds is 4. The van der Waals surface area contributed by atoms with Crippen LogP contribution in [0.1, 0.15) is 51.0 Å². The quantitative estimate of drug-likeness (QED) is 0.631. The monoisotopic (exact) mass is 306 g/mol. The summed E-state index contributed by atoms with van der Waals surface area (Å²) in [6.45, 7) is 2.67. The van der Waals surface area contributed by atoms with Crippen LogP contribution in [0.4, 0.5) is 0 Å². The van der Waals surface area contributed by atoms with Gasteiger partial charge in [-0.1, -0.05) is 18.6 Å². The van der Waals surface area contributed by atoms with Crippen LogP contribution in [0.3, 0.4) is 0 Å². The van der Waals surface area contributed by atoms with Crippen LogP contribution in [0, 0.1) is 0 Å². The minimum atomic E-state index is -1.22. The molecule has 5 heteroatoms. The number of methoxy groups -OCH3 is 1. The summed E-state index contributed by atoms with van der Waals surface area (Å²) in [4.78, 5) is 23.1. The van der Waals surface area contributed by atoms with Gasteiger partial charge in [0.05, 0.1) is 13.0 Å². The van der Waals surface area contributed by atoms with Gasteiger partial charge in [-0.15, -0.1) is 0 Å². The maximum Gasteiger partial charge on any atom is 0.305 e. The van der Waals surface area contributed by atoms with Crippen LogP contribution >= 0.6 is 0 Å². The molecule has 0 amide bonds. The molecular weight excluding hydrogens is 284 g/mol. The van der Waals surface area contributed by atoms with E-state index in [-0.39, 0.29) is 5.92 Å². The Morgan fingerprint density at radius 2 is 1.82 bits per heavy atom. The lowest BCUT2D eigenvalue weighted by Gasteiger charge is -2.42. The Labute approximate surface area is 130 Å². The Morgan fingerprint density at radius 1 is 1.14 bits per heavy atom. The molecule has 1 aromatic rings. The zero-order valence-corrected chi connectivity index (χ0v) is 13.3. The second-order valence-corrected chi connectivity index (χ2v) is 5.57. The first-order valence-corrected chi connectivity index (χ1v) is 7.50. The fraction of sp³-hybridized carbons (Fsp3) is 0.529. The summed E-state index contributed by atoms with van der Waals surface area (Å²) in [6.07, 6.45) is 3.13. The van der Waals surface area contributed by atoms with E-state index in [2.05, 4.69) is 0 Å². The summed E-state index contributed by atoms with van der Waals surface area (Å²) in [5, 5.41) is 0. The first kappa shape index (κ1) is 16.3. The van der Waals surface area contributed by atoms with Crippen LogP contribution < -0.4 is 4.74 Å². The van der Waals surface area contributed by atoms with E-state index in [1.165, 1.54) is 13.8 Å². The molecule has 1 aliphatic rings. The van der Waals surface area contributed by atoms with Crippen molar-refractivity contribution in [3.8, 4) is 5.75 Å². The van der Waals surface area contributed by atoms with E-state index >= 15 is 0 Å². The van der Waals surface area contributed by atoms with E-state index in [1.807, 2.05) is 24.3 Å². The molecule has 5 nitrogen and oxygen atoms in total. The van der Waals surface area contributed by atoms with E-state index in [0.29, 0.717) is 6.42 Å². The lowest BCUT2D eigenvalue weighted by atomic mass is 9.78. The fourth-order valence-electron chi connectivity index (χ4n) is 3.14. The number of hydrogen-bond donors (Lipinski definition) is 0. The molecule has 22 heavy (non-hydrogen) atoms. The van der Waals surface area contributed by atoms with E-state index in [9.17, 15) is 9.59 Å². The van der Waals surface area contributed by atoms with Gasteiger partial charge in [0, 0.05) is 20.3 Å². The summed E-state index contributed by atoms with van der Waals surface area (Å²) in [5.41, 5.74) is 0.946. The van der Waals surface area contributed by atoms with Crippen LogP contribution in [-0.2, 0) is 19.1 Å². The van der Waals surface area contributed by atoms with Gasteiger partial charge in [-0.25, -0.2) is 0 Å². The van der Waals surface area contributed by atoms with E-state index in [1.54, 1.807) is 7.11 Å². The van der Waals surface area contributed by atoms with Crippen molar-refractivity contribution in [2.75, 3.05) is 7.11 Å². The molecule has 120 valence electrons. The maximum atomic E-state index is 11.6. The van der Waals surface area contributed by atoms with Crippen molar-refractivity contribution in [3.63, 3.8) is 0 Å². The smallest absolute Gasteiger partial charge is 0.305 e. The molecule has 0 spiro atoms. The van der Waals surface area contributed by atoms with E-state index in [0.717, 1.165) is 30.6 Å². The Hall–Kier alpha value is -2.04. The molecular formula is C17H22O5. The fourth-order valence-corrected chi connectivity index (χ4v) is 3.14. The highest BCUT2D eigenvalue weighted by Gasteiger charge is 2.47. The Bertz CT molecular complexity index is 536. The largest absolute Gasteiger partial charge is 0.497 e. The van der Waals surface area contributed by atoms with Crippen LogP contribution in [-0.4, -0.2) is 24.8 Å². The van der Waals surface area contributed by atoms with Crippen molar-refractivity contribution in [1.82, 2.24) is 0 Å². The van der Waals surface area contributed by atoms with Gasteiger partial charge in [0.2, 0.25) is 0 Å². The third kappa shape index (κ3) is 3.59. The Morgan fingerprint density at radius 3 is 2.41 bits per heavy atom. The topological polar surface area (TPSA) is 61.8 Å². The van der Waals surface area contributed by atoms with Gasteiger partial charge in [0.25, 0.3) is 5.79 Å². The first-order valence-electron chi connectivity index (χ1n) is 7.50. The van der Waals surface area contributed by atoms with Gasteiger partial charge in [0.1, 0.15) is 5.75 Å². The molecule has 0 aromatic heterocycles. The van der Waals surface area contributed by atoms with Crippen molar-refractivity contribution in [1.29, 1.82) is 0 Å². The summed E-state index contributed by atoms with van der Waals surface area (Å²) < 4.78 is 16.3. The number of ether oxygens (including phenoxy) is 3. The average Bonchev–Trinajstić information content (AvgIpc) is 2.46. The van der Waals surface area contributed by atoms with Crippen molar-refractivity contribution < 1.29 is 23.8 Å². The van der Waals surface area contributed by atoms with Crippen molar-refractivity contribution >= 4 is 11.9 Å². The van der Waals surface area contributed by atoms with Gasteiger partial charge in [-0.3, -0.25) is 9.59 Å². The van der Waals surface area contributed by atoms with Gasteiger partial charge < -0.3 is 14.2 Å². The highest BCUT2D eigenvalue weighted by atomic mass is 16.7. The van der Waals surface area contributed by atoms with Gasteiger partial charge >= 0.3 is 11.9 Å².